The molecule has 0 radical (unpaired) electrons. The SMILES string of the molecule is CSCC(C)N(C)C(CN)c1cccc2c1OC(C)(C)C2. The van der Waals surface area contributed by atoms with Crippen LogP contribution in [0, 0.1) is 0 Å². The molecule has 1 heterocycles. The molecule has 0 spiro atoms. The van der Waals surface area contributed by atoms with Gasteiger partial charge in [0.2, 0.25) is 0 Å². The molecule has 2 rings (SSSR count). The Morgan fingerprint density at radius 2 is 2.14 bits per heavy atom. The number of hydrogen-bond donors (Lipinski definition) is 1. The molecule has 1 aliphatic heterocycles. The lowest BCUT2D eigenvalue weighted by atomic mass is 9.97. The number of ether oxygens (including phenoxy) is 1. The van der Waals surface area contributed by atoms with Crippen molar-refractivity contribution in [2.45, 2.75) is 44.9 Å². The molecule has 21 heavy (non-hydrogen) atoms. The van der Waals surface area contributed by atoms with Crippen molar-refractivity contribution in [1.29, 1.82) is 0 Å². The number of nitrogens with zero attached hydrogens (tertiary/aromatic N) is 1. The monoisotopic (exact) mass is 308 g/mol. The van der Waals surface area contributed by atoms with Crippen molar-refractivity contribution in [2.75, 3.05) is 25.6 Å². The van der Waals surface area contributed by atoms with Crippen LogP contribution in [-0.4, -0.2) is 42.1 Å². The average molecular weight is 308 g/mol. The van der Waals surface area contributed by atoms with Crippen molar-refractivity contribution in [3.8, 4) is 5.75 Å². The van der Waals surface area contributed by atoms with Gasteiger partial charge >= 0.3 is 0 Å². The Morgan fingerprint density at radius 3 is 2.76 bits per heavy atom. The summed E-state index contributed by atoms with van der Waals surface area (Å²) in [6.45, 7) is 7.16. The lowest BCUT2D eigenvalue weighted by Gasteiger charge is -2.33. The lowest BCUT2D eigenvalue weighted by Crippen LogP contribution is -2.38. The van der Waals surface area contributed by atoms with Crippen LogP contribution in [0.25, 0.3) is 0 Å². The number of hydrogen-bond acceptors (Lipinski definition) is 4. The van der Waals surface area contributed by atoms with Crippen molar-refractivity contribution in [1.82, 2.24) is 4.90 Å². The van der Waals surface area contributed by atoms with E-state index in [1.807, 2.05) is 11.8 Å². The zero-order valence-corrected chi connectivity index (χ0v) is 14.7. The minimum Gasteiger partial charge on any atom is -0.487 e. The van der Waals surface area contributed by atoms with Crippen molar-refractivity contribution in [3.63, 3.8) is 0 Å². The van der Waals surface area contributed by atoms with E-state index < -0.39 is 0 Å². The summed E-state index contributed by atoms with van der Waals surface area (Å²) in [5.41, 5.74) is 8.53. The summed E-state index contributed by atoms with van der Waals surface area (Å²) in [5, 5.41) is 0. The summed E-state index contributed by atoms with van der Waals surface area (Å²) >= 11 is 1.87. The number of nitrogens with two attached hydrogens (primary N) is 1. The Bertz CT molecular complexity index is 490. The third-order valence-corrected chi connectivity index (χ3v) is 5.11. The molecule has 1 aliphatic rings. The van der Waals surface area contributed by atoms with Crippen molar-refractivity contribution in [2.24, 2.45) is 5.73 Å². The van der Waals surface area contributed by atoms with E-state index in [0.717, 1.165) is 17.9 Å². The predicted molar refractivity (Wildman–Crippen MR) is 92.3 cm³/mol. The van der Waals surface area contributed by atoms with Gasteiger partial charge in [-0.1, -0.05) is 18.2 Å². The second-order valence-electron chi connectivity index (χ2n) is 6.60. The third kappa shape index (κ3) is 3.55. The van der Waals surface area contributed by atoms with Gasteiger partial charge in [-0.05, 0) is 39.6 Å². The van der Waals surface area contributed by atoms with Crippen LogP contribution in [0.4, 0.5) is 0 Å². The molecule has 0 aromatic heterocycles. The molecule has 2 atom stereocenters. The van der Waals surface area contributed by atoms with Gasteiger partial charge in [-0.25, -0.2) is 0 Å². The van der Waals surface area contributed by atoms with E-state index in [9.17, 15) is 0 Å². The van der Waals surface area contributed by atoms with Crippen LogP contribution in [0.15, 0.2) is 18.2 Å². The standard InChI is InChI=1S/C17H28N2OS/c1-12(11-21-5)19(4)15(10-18)14-8-6-7-13-9-17(2,3)20-16(13)14/h6-8,12,15H,9-11,18H2,1-5H3. The molecule has 1 aromatic carbocycles. The molecule has 2 unspecified atom stereocenters. The van der Waals surface area contributed by atoms with Gasteiger partial charge < -0.3 is 10.5 Å². The molecule has 3 nitrogen and oxygen atoms in total. The topological polar surface area (TPSA) is 38.5 Å². The van der Waals surface area contributed by atoms with E-state index in [0.29, 0.717) is 12.6 Å². The molecule has 1 aromatic rings. The highest BCUT2D eigenvalue weighted by atomic mass is 32.2. The molecule has 0 bridgehead atoms. The molecule has 0 aliphatic carbocycles. The highest BCUT2D eigenvalue weighted by molar-refractivity contribution is 7.98. The fourth-order valence-corrected chi connectivity index (χ4v) is 3.80. The number of fused-ring (bicyclic) bond motifs is 1. The summed E-state index contributed by atoms with van der Waals surface area (Å²) in [5.74, 6) is 2.16. The van der Waals surface area contributed by atoms with Crippen LogP contribution in [0.5, 0.6) is 5.75 Å². The quantitative estimate of drug-likeness (QED) is 0.876. The zero-order valence-electron chi connectivity index (χ0n) is 13.8. The maximum atomic E-state index is 6.21. The number of rotatable bonds is 6. The fourth-order valence-electron chi connectivity index (χ4n) is 3.08. The number of thioether (sulfide) groups is 1. The normalized spacial score (nSPS) is 19.2. The van der Waals surface area contributed by atoms with E-state index in [2.05, 4.69) is 57.2 Å². The largest absolute Gasteiger partial charge is 0.487 e. The summed E-state index contributed by atoms with van der Waals surface area (Å²) in [6.07, 6.45) is 3.12. The van der Waals surface area contributed by atoms with E-state index in [-0.39, 0.29) is 11.6 Å². The van der Waals surface area contributed by atoms with Gasteiger partial charge in [0.1, 0.15) is 11.4 Å². The minimum absolute atomic E-state index is 0.110. The summed E-state index contributed by atoms with van der Waals surface area (Å²) in [4.78, 5) is 2.38. The van der Waals surface area contributed by atoms with E-state index >= 15 is 0 Å². The fraction of sp³-hybridized carbons (Fsp3) is 0.647. The first-order valence-electron chi connectivity index (χ1n) is 7.61. The molecule has 118 valence electrons. The zero-order chi connectivity index (χ0) is 15.6. The van der Waals surface area contributed by atoms with Crippen LogP contribution in [0.3, 0.4) is 0 Å². The van der Waals surface area contributed by atoms with Crippen LogP contribution in [-0.2, 0) is 6.42 Å². The molecule has 0 fully saturated rings. The average Bonchev–Trinajstić information content (AvgIpc) is 2.74. The Morgan fingerprint density at radius 1 is 1.43 bits per heavy atom. The van der Waals surface area contributed by atoms with E-state index in [4.69, 9.17) is 10.5 Å². The highest BCUT2D eigenvalue weighted by Crippen LogP contribution is 2.41. The maximum Gasteiger partial charge on any atom is 0.128 e. The Labute approximate surface area is 133 Å². The second kappa shape index (κ2) is 6.59. The van der Waals surface area contributed by atoms with Crippen LogP contribution in [0.1, 0.15) is 37.9 Å². The molecular weight excluding hydrogens is 280 g/mol. The second-order valence-corrected chi connectivity index (χ2v) is 7.51. The van der Waals surface area contributed by atoms with Gasteiger partial charge in [0, 0.05) is 30.3 Å². The van der Waals surface area contributed by atoms with Gasteiger partial charge in [0.25, 0.3) is 0 Å². The van der Waals surface area contributed by atoms with Gasteiger partial charge in [-0.3, -0.25) is 4.90 Å². The number of likely N-dealkylation sites (N-methyl/N-ethyl adjacent to an activating group) is 1. The van der Waals surface area contributed by atoms with Gasteiger partial charge in [-0.2, -0.15) is 11.8 Å². The Kier molecular flexibility index (Phi) is 5.23. The summed E-state index contributed by atoms with van der Waals surface area (Å²) in [6, 6.07) is 7.16. The van der Waals surface area contributed by atoms with Crippen LogP contribution >= 0.6 is 11.8 Å². The van der Waals surface area contributed by atoms with Crippen molar-refractivity contribution >= 4 is 11.8 Å². The number of benzene rings is 1. The molecule has 0 saturated carbocycles. The molecule has 0 saturated heterocycles. The Hall–Kier alpha value is -0.710. The molecule has 2 N–H and O–H groups in total. The molecule has 0 amide bonds. The first-order valence-corrected chi connectivity index (χ1v) is 9.00. The first kappa shape index (κ1) is 16.7. The van der Waals surface area contributed by atoms with E-state index in [1.54, 1.807) is 0 Å². The maximum absolute atomic E-state index is 6.21. The summed E-state index contributed by atoms with van der Waals surface area (Å²) < 4.78 is 6.21. The smallest absolute Gasteiger partial charge is 0.128 e. The lowest BCUT2D eigenvalue weighted by molar-refractivity contribution is 0.131. The van der Waals surface area contributed by atoms with Gasteiger partial charge in [0.05, 0.1) is 6.04 Å². The molecular formula is C17H28N2OS. The van der Waals surface area contributed by atoms with Crippen LogP contribution in [0.2, 0.25) is 0 Å². The minimum atomic E-state index is -0.110. The van der Waals surface area contributed by atoms with Gasteiger partial charge in [-0.15, -0.1) is 0 Å². The first-order chi connectivity index (χ1) is 9.89. The predicted octanol–water partition coefficient (Wildman–Crippen LogP) is 3.08. The van der Waals surface area contributed by atoms with E-state index in [1.165, 1.54) is 11.1 Å². The summed E-state index contributed by atoms with van der Waals surface area (Å²) in [7, 11) is 2.16. The number of para-hydroxylation sites is 1. The third-order valence-electron chi connectivity index (χ3n) is 4.30. The van der Waals surface area contributed by atoms with Crippen molar-refractivity contribution < 1.29 is 4.74 Å². The molecule has 4 heteroatoms. The Balaban J connectivity index is 2.31. The van der Waals surface area contributed by atoms with Gasteiger partial charge in [0.15, 0.2) is 0 Å². The highest BCUT2D eigenvalue weighted by Gasteiger charge is 2.34. The van der Waals surface area contributed by atoms with Crippen LogP contribution < -0.4 is 10.5 Å². The van der Waals surface area contributed by atoms with Crippen molar-refractivity contribution in [3.05, 3.63) is 29.3 Å².